The number of halogens is 1. The average molecular weight is 447 g/mol. The smallest absolute Gasteiger partial charge is 0.339 e. The first-order chi connectivity index (χ1) is 14.3. The van der Waals surface area contributed by atoms with E-state index < -0.39 is 10.0 Å². The molecular weight excluding hydrogens is 428 g/mol. The molecule has 0 fully saturated rings. The minimum atomic E-state index is -3.73. The van der Waals surface area contributed by atoms with E-state index in [0.29, 0.717) is 36.2 Å². The van der Waals surface area contributed by atoms with Crippen molar-refractivity contribution in [3.05, 3.63) is 68.0 Å². The molecule has 0 spiro atoms. The summed E-state index contributed by atoms with van der Waals surface area (Å²) >= 11 is 6.50. The Kier molecular flexibility index (Phi) is 4.62. The minimum Gasteiger partial charge on any atom is -0.476 e. The molecular formula is C21H19ClN2O5S. The molecule has 30 heavy (non-hydrogen) atoms. The van der Waals surface area contributed by atoms with Gasteiger partial charge in [0.25, 0.3) is 0 Å². The van der Waals surface area contributed by atoms with Crippen molar-refractivity contribution >= 4 is 32.6 Å². The fourth-order valence-corrected chi connectivity index (χ4v) is 5.09. The van der Waals surface area contributed by atoms with Gasteiger partial charge in [0.05, 0.1) is 15.5 Å². The molecule has 7 nitrogen and oxygen atoms in total. The van der Waals surface area contributed by atoms with Gasteiger partial charge < -0.3 is 9.15 Å². The van der Waals surface area contributed by atoms with Gasteiger partial charge in [0.2, 0.25) is 10.0 Å². The SMILES string of the molecule is NS(=O)(=O)c1ccc(CN2COc3c(Cl)cc4c5c(c(=O)oc4c3C2)CCC5)cc1. The summed E-state index contributed by atoms with van der Waals surface area (Å²) in [6.45, 7) is 1.32. The Hall–Kier alpha value is -2.39. The fraction of sp³-hybridized carbons (Fsp3) is 0.286. The van der Waals surface area contributed by atoms with E-state index in [-0.39, 0.29) is 10.5 Å². The molecule has 2 aromatic carbocycles. The summed E-state index contributed by atoms with van der Waals surface area (Å²) in [5.74, 6) is 0.547. The number of rotatable bonds is 3. The third-order valence-electron chi connectivity index (χ3n) is 5.70. The first kappa shape index (κ1) is 19.6. The van der Waals surface area contributed by atoms with E-state index in [1.165, 1.54) is 12.1 Å². The summed E-state index contributed by atoms with van der Waals surface area (Å²) in [4.78, 5) is 14.6. The minimum absolute atomic E-state index is 0.0693. The quantitative estimate of drug-likeness (QED) is 0.620. The van der Waals surface area contributed by atoms with Gasteiger partial charge in [-0.1, -0.05) is 23.7 Å². The van der Waals surface area contributed by atoms with E-state index in [9.17, 15) is 13.2 Å². The van der Waals surface area contributed by atoms with Crippen molar-refractivity contribution in [1.29, 1.82) is 0 Å². The zero-order valence-electron chi connectivity index (χ0n) is 16.0. The number of nitrogens with two attached hydrogens (primary N) is 1. The number of hydrogen-bond donors (Lipinski definition) is 1. The molecule has 0 saturated heterocycles. The Morgan fingerprint density at radius 2 is 1.83 bits per heavy atom. The number of sulfonamides is 1. The number of nitrogens with zero attached hydrogens (tertiary/aromatic N) is 1. The maximum absolute atomic E-state index is 12.5. The molecule has 0 atom stereocenters. The first-order valence-electron chi connectivity index (χ1n) is 9.58. The lowest BCUT2D eigenvalue weighted by molar-refractivity contribution is 0.0890. The van der Waals surface area contributed by atoms with E-state index in [2.05, 4.69) is 0 Å². The molecule has 1 aliphatic heterocycles. The van der Waals surface area contributed by atoms with Gasteiger partial charge in [0.15, 0.2) is 0 Å². The van der Waals surface area contributed by atoms with Crippen LogP contribution in [0, 0.1) is 0 Å². The highest BCUT2D eigenvalue weighted by Crippen LogP contribution is 2.41. The van der Waals surface area contributed by atoms with Gasteiger partial charge in [-0.15, -0.1) is 0 Å². The Morgan fingerprint density at radius 3 is 2.57 bits per heavy atom. The Bertz CT molecular complexity index is 1330. The van der Waals surface area contributed by atoms with Crippen LogP contribution in [0.15, 0.2) is 44.4 Å². The van der Waals surface area contributed by atoms with Crippen LogP contribution in [0.1, 0.15) is 28.7 Å². The molecule has 0 unspecified atom stereocenters. The summed E-state index contributed by atoms with van der Waals surface area (Å²) < 4.78 is 34.5. The van der Waals surface area contributed by atoms with Crippen LogP contribution in [0.4, 0.5) is 0 Å². The molecule has 9 heteroatoms. The molecule has 0 bridgehead atoms. The van der Waals surface area contributed by atoms with E-state index in [1.807, 2.05) is 11.0 Å². The van der Waals surface area contributed by atoms with Gasteiger partial charge in [-0.05, 0) is 48.6 Å². The Labute approximate surface area is 178 Å². The average Bonchev–Trinajstić information content (AvgIpc) is 3.20. The van der Waals surface area contributed by atoms with Crippen molar-refractivity contribution in [1.82, 2.24) is 4.90 Å². The number of aryl methyl sites for hydroxylation is 1. The number of primary sulfonamides is 1. The van der Waals surface area contributed by atoms with E-state index in [0.717, 1.165) is 46.9 Å². The van der Waals surface area contributed by atoms with Gasteiger partial charge in [0.1, 0.15) is 18.1 Å². The van der Waals surface area contributed by atoms with Crippen molar-refractivity contribution < 1.29 is 17.6 Å². The zero-order valence-corrected chi connectivity index (χ0v) is 17.6. The van der Waals surface area contributed by atoms with Gasteiger partial charge in [-0.25, -0.2) is 18.4 Å². The number of fused-ring (bicyclic) bond motifs is 5. The second kappa shape index (κ2) is 7.09. The van der Waals surface area contributed by atoms with Crippen LogP contribution < -0.4 is 15.5 Å². The molecule has 1 aliphatic carbocycles. The predicted molar refractivity (Wildman–Crippen MR) is 112 cm³/mol. The van der Waals surface area contributed by atoms with Crippen LogP contribution in [0.3, 0.4) is 0 Å². The molecule has 2 aliphatic rings. The summed E-state index contributed by atoms with van der Waals surface area (Å²) in [5.41, 5.74) is 3.70. The van der Waals surface area contributed by atoms with Gasteiger partial charge in [0, 0.05) is 24.0 Å². The molecule has 156 valence electrons. The molecule has 0 saturated carbocycles. The van der Waals surface area contributed by atoms with Crippen LogP contribution in [-0.4, -0.2) is 20.0 Å². The molecule has 0 amide bonds. The molecule has 3 aromatic rings. The van der Waals surface area contributed by atoms with Crippen LogP contribution >= 0.6 is 11.6 Å². The van der Waals surface area contributed by atoms with Gasteiger partial charge >= 0.3 is 5.63 Å². The van der Waals surface area contributed by atoms with Crippen LogP contribution in [0.25, 0.3) is 11.0 Å². The molecule has 2 N–H and O–H groups in total. The van der Waals surface area contributed by atoms with Crippen molar-refractivity contribution in [3.8, 4) is 5.75 Å². The van der Waals surface area contributed by atoms with Gasteiger partial charge in [-0.2, -0.15) is 0 Å². The largest absolute Gasteiger partial charge is 0.476 e. The molecule has 0 radical (unpaired) electrons. The number of benzene rings is 2. The van der Waals surface area contributed by atoms with E-state index in [4.69, 9.17) is 25.9 Å². The summed E-state index contributed by atoms with van der Waals surface area (Å²) in [5, 5.41) is 6.55. The predicted octanol–water partition coefficient (Wildman–Crippen LogP) is 2.93. The van der Waals surface area contributed by atoms with Crippen LogP contribution in [0.2, 0.25) is 5.02 Å². The van der Waals surface area contributed by atoms with Crippen LogP contribution in [0.5, 0.6) is 5.75 Å². The standard InChI is InChI=1S/C21H19ClN2O5S/c22-18-8-16-14-2-1-3-15(14)21(25)29-19(16)17-10-24(11-28-20(17)18)9-12-4-6-13(7-5-12)30(23,26)27/h4-8H,1-3,9-11H2,(H2,23,26,27). The maximum Gasteiger partial charge on any atom is 0.339 e. The zero-order chi connectivity index (χ0) is 21.0. The van der Waals surface area contributed by atoms with E-state index in [1.54, 1.807) is 12.1 Å². The second-order valence-electron chi connectivity index (χ2n) is 7.69. The highest BCUT2D eigenvalue weighted by Gasteiger charge is 2.28. The monoisotopic (exact) mass is 446 g/mol. The van der Waals surface area contributed by atoms with Crippen molar-refractivity contribution in [2.24, 2.45) is 5.14 Å². The summed E-state index contributed by atoms with van der Waals surface area (Å²) in [7, 11) is -3.73. The molecule has 2 heterocycles. The van der Waals surface area contributed by atoms with Crippen molar-refractivity contribution in [2.75, 3.05) is 6.73 Å². The second-order valence-corrected chi connectivity index (χ2v) is 9.66. The highest BCUT2D eigenvalue weighted by atomic mass is 35.5. The lowest BCUT2D eigenvalue weighted by Gasteiger charge is -2.30. The molecule has 1 aromatic heterocycles. The number of ether oxygens (including phenoxy) is 1. The normalized spacial score (nSPS) is 16.3. The molecule has 5 rings (SSSR count). The first-order valence-corrected chi connectivity index (χ1v) is 11.5. The maximum atomic E-state index is 12.5. The van der Waals surface area contributed by atoms with Crippen molar-refractivity contribution in [3.63, 3.8) is 0 Å². The summed E-state index contributed by atoms with van der Waals surface area (Å²) in [6.07, 6.45) is 2.51. The Balaban J connectivity index is 1.50. The third kappa shape index (κ3) is 3.30. The lowest BCUT2D eigenvalue weighted by atomic mass is 10.0. The van der Waals surface area contributed by atoms with Gasteiger partial charge in [-0.3, -0.25) is 4.90 Å². The summed E-state index contributed by atoms with van der Waals surface area (Å²) in [6, 6.07) is 8.25. The Morgan fingerprint density at radius 1 is 1.10 bits per heavy atom. The van der Waals surface area contributed by atoms with Crippen molar-refractivity contribution in [2.45, 2.75) is 37.2 Å². The fourth-order valence-electron chi connectivity index (χ4n) is 4.30. The topological polar surface area (TPSA) is 103 Å². The highest BCUT2D eigenvalue weighted by molar-refractivity contribution is 7.89. The third-order valence-corrected chi connectivity index (χ3v) is 6.91. The lowest BCUT2D eigenvalue weighted by Crippen LogP contribution is -2.32. The van der Waals surface area contributed by atoms with Crippen LogP contribution in [-0.2, 0) is 36.0 Å². The number of hydrogen-bond acceptors (Lipinski definition) is 6. The van der Waals surface area contributed by atoms with E-state index >= 15 is 0 Å².